The van der Waals surface area contributed by atoms with Crippen molar-refractivity contribution in [2.75, 3.05) is 0 Å². The van der Waals surface area contributed by atoms with Crippen LogP contribution < -0.4 is 0 Å². The minimum Gasteiger partial charge on any atom is -0.257 e. The summed E-state index contributed by atoms with van der Waals surface area (Å²) in [5.74, 6) is 0. The van der Waals surface area contributed by atoms with Crippen LogP contribution in [-0.4, -0.2) is 4.92 Å². The van der Waals surface area contributed by atoms with Gasteiger partial charge in [0.25, 0.3) is 0 Å². The molecule has 0 saturated carbocycles. The Kier molecular flexibility index (Phi) is 3.03. The summed E-state index contributed by atoms with van der Waals surface area (Å²) in [5.41, 5.74) is 1.73. The molecule has 0 atom stereocenters. The van der Waals surface area contributed by atoms with E-state index in [2.05, 4.69) is 0 Å². The highest BCUT2D eigenvalue weighted by Crippen LogP contribution is 2.14. The molecule has 0 bridgehead atoms. The Morgan fingerprint density at radius 1 is 1.54 bits per heavy atom. The van der Waals surface area contributed by atoms with Crippen molar-refractivity contribution in [3.8, 4) is 0 Å². The van der Waals surface area contributed by atoms with Gasteiger partial charge in [-0.05, 0) is 29.7 Å². The lowest BCUT2D eigenvalue weighted by Gasteiger charge is -1.96. The number of nitro groups is 1. The molecule has 0 aliphatic carbocycles. The van der Waals surface area contributed by atoms with Crippen LogP contribution in [0.15, 0.2) is 29.4 Å². The fourth-order valence-corrected chi connectivity index (χ4v) is 1.05. The molecule has 0 aliphatic rings. The summed E-state index contributed by atoms with van der Waals surface area (Å²) >= 11 is 5.38. The van der Waals surface area contributed by atoms with E-state index in [9.17, 15) is 10.1 Å². The second-order valence-electron chi connectivity index (χ2n) is 2.58. The summed E-state index contributed by atoms with van der Waals surface area (Å²) in [6, 6.07) is 7.33. The lowest BCUT2D eigenvalue weighted by Crippen LogP contribution is -1.91. The topological polar surface area (TPSA) is 43.1 Å². The molecule has 4 heteroatoms. The van der Waals surface area contributed by atoms with Gasteiger partial charge >= 0.3 is 5.16 Å². The van der Waals surface area contributed by atoms with E-state index >= 15 is 0 Å². The highest BCUT2D eigenvalue weighted by atomic mass is 35.5. The second kappa shape index (κ2) is 4.05. The summed E-state index contributed by atoms with van der Waals surface area (Å²) in [4.78, 5) is 9.60. The van der Waals surface area contributed by atoms with Crippen LogP contribution in [0.4, 0.5) is 0 Å². The average Bonchev–Trinajstić information content (AvgIpc) is 2.08. The van der Waals surface area contributed by atoms with E-state index in [0.717, 1.165) is 11.1 Å². The first-order valence-corrected chi connectivity index (χ1v) is 4.06. The zero-order valence-electron chi connectivity index (χ0n) is 7.03. The third kappa shape index (κ3) is 2.56. The van der Waals surface area contributed by atoms with E-state index in [1.807, 2.05) is 25.1 Å². The van der Waals surface area contributed by atoms with Gasteiger partial charge in [0.05, 0.1) is 4.92 Å². The van der Waals surface area contributed by atoms with Gasteiger partial charge in [-0.25, -0.2) is 0 Å². The third-order valence-corrected chi connectivity index (χ3v) is 1.88. The highest BCUT2D eigenvalue weighted by Gasteiger charge is 2.05. The Balaban J connectivity index is 3.04. The monoisotopic (exact) mass is 197 g/mol. The standard InChI is InChI=1S/C9H8ClNO2/c1-7-4-2-3-5-8(7)6-9(10)11(12)13/h2-6H,1H3/b9-6+. The summed E-state index contributed by atoms with van der Waals surface area (Å²) in [6.07, 6.45) is 1.34. The minimum absolute atomic E-state index is 0.366. The van der Waals surface area contributed by atoms with Gasteiger partial charge in [0.2, 0.25) is 0 Å². The van der Waals surface area contributed by atoms with Gasteiger partial charge in [-0.1, -0.05) is 24.3 Å². The van der Waals surface area contributed by atoms with Gasteiger partial charge in [-0.2, -0.15) is 0 Å². The Hall–Kier alpha value is -1.35. The van der Waals surface area contributed by atoms with E-state index in [1.54, 1.807) is 6.07 Å². The van der Waals surface area contributed by atoms with Crippen molar-refractivity contribution >= 4 is 17.7 Å². The Morgan fingerprint density at radius 2 is 2.15 bits per heavy atom. The number of rotatable bonds is 2. The highest BCUT2D eigenvalue weighted by molar-refractivity contribution is 6.29. The molecule has 1 aromatic rings. The van der Waals surface area contributed by atoms with Crippen LogP contribution in [0, 0.1) is 17.0 Å². The van der Waals surface area contributed by atoms with E-state index in [1.165, 1.54) is 6.08 Å². The molecule has 0 aromatic heterocycles. The van der Waals surface area contributed by atoms with Crippen LogP contribution >= 0.6 is 11.6 Å². The van der Waals surface area contributed by atoms with Crippen molar-refractivity contribution in [2.45, 2.75) is 6.92 Å². The third-order valence-electron chi connectivity index (χ3n) is 1.64. The molecule has 0 saturated heterocycles. The van der Waals surface area contributed by atoms with E-state index < -0.39 is 4.92 Å². The SMILES string of the molecule is Cc1ccccc1/C=C(\Cl)[N+](=O)[O-]. The molecular formula is C9H8ClNO2. The first-order valence-electron chi connectivity index (χ1n) is 3.68. The van der Waals surface area contributed by atoms with Gasteiger partial charge in [-0.15, -0.1) is 0 Å². The van der Waals surface area contributed by atoms with Gasteiger partial charge in [0.1, 0.15) is 0 Å². The molecule has 0 N–H and O–H groups in total. The first kappa shape index (κ1) is 9.74. The van der Waals surface area contributed by atoms with Crippen LogP contribution in [0.2, 0.25) is 0 Å². The molecule has 1 rings (SSSR count). The van der Waals surface area contributed by atoms with Crippen molar-refractivity contribution in [3.63, 3.8) is 0 Å². The van der Waals surface area contributed by atoms with E-state index in [4.69, 9.17) is 11.6 Å². The predicted molar refractivity (Wildman–Crippen MR) is 52.0 cm³/mol. The number of benzene rings is 1. The van der Waals surface area contributed by atoms with Gasteiger partial charge in [-0.3, -0.25) is 10.1 Å². The molecule has 0 radical (unpaired) electrons. The molecule has 68 valence electrons. The van der Waals surface area contributed by atoms with Crippen LogP contribution in [-0.2, 0) is 0 Å². The van der Waals surface area contributed by atoms with Crippen LogP contribution in [0.5, 0.6) is 0 Å². The van der Waals surface area contributed by atoms with E-state index in [-0.39, 0.29) is 5.16 Å². The van der Waals surface area contributed by atoms with Crippen molar-refractivity contribution < 1.29 is 4.92 Å². The molecule has 13 heavy (non-hydrogen) atoms. The molecule has 0 fully saturated rings. The first-order chi connectivity index (χ1) is 6.11. The quantitative estimate of drug-likeness (QED) is 0.416. The molecule has 1 aromatic carbocycles. The fraction of sp³-hybridized carbons (Fsp3) is 0.111. The van der Waals surface area contributed by atoms with Crippen molar-refractivity contribution in [2.24, 2.45) is 0 Å². The normalized spacial score (nSPS) is 11.4. The van der Waals surface area contributed by atoms with Crippen molar-refractivity contribution in [1.29, 1.82) is 0 Å². The average molecular weight is 198 g/mol. The smallest absolute Gasteiger partial charge is 0.257 e. The van der Waals surface area contributed by atoms with Gasteiger partial charge in [0, 0.05) is 6.08 Å². The van der Waals surface area contributed by atoms with Gasteiger partial charge < -0.3 is 0 Å². The predicted octanol–water partition coefficient (Wildman–Crippen LogP) is 2.81. The number of halogens is 1. The lowest BCUT2D eigenvalue weighted by molar-refractivity contribution is -0.410. The molecule has 0 unspecified atom stereocenters. The van der Waals surface area contributed by atoms with Crippen LogP contribution in [0.3, 0.4) is 0 Å². The zero-order valence-corrected chi connectivity index (χ0v) is 7.78. The largest absolute Gasteiger partial charge is 0.337 e. The van der Waals surface area contributed by atoms with Crippen LogP contribution in [0.1, 0.15) is 11.1 Å². The maximum Gasteiger partial charge on any atom is 0.337 e. The molecule has 0 amide bonds. The molecule has 0 aliphatic heterocycles. The number of aryl methyl sites for hydroxylation is 1. The Morgan fingerprint density at radius 3 is 2.69 bits per heavy atom. The van der Waals surface area contributed by atoms with Crippen molar-refractivity contribution in [1.82, 2.24) is 0 Å². The Labute approximate surface area is 80.8 Å². The molecule has 0 heterocycles. The van der Waals surface area contributed by atoms with Crippen molar-refractivity contribution in [3.05, 3.63) is 50.7 Å². The maximum atomic E-state index is 10.2. The molecule has 3 nitrogen and oxygen atoms in total. The second-order valence-corrected chi connectivity index (χ2v) is 2.97. The number of hydrogen-bond acceptors (Lipinski definition) is 2. The molecule has 0 spiro atoms. The summed E-state index contributed by atoms with van der Waals surface area (Å²) in [7, 11) is 0. The summed E-state index contributed by atoms with van der Waals surface area (Å²) in [6.45, 7) is 1.87. The summed E-state index contributed by atoms with van der Waals surface area (Å²) in [5, 5.41) is 9.85. The maximum absolute atomic E-state index is 10.2. The number of nitrogens with zero attached hydrogens (tertiary/aromatic N) is 1. The zero-order chi connectivity index (χ0) is 9.84. The lowest BCUT2D eigenvalue weighted by atomic mass is 10.1. The molecular weight excluding hydrogens is 190 g/mol. The Bertz CT molecular complexity index is 360. The minimum atomic E-state index is -0.617. The fourth-order valence-electron chi connectivity index (χ4n) is 0.930. The van der Waals surface area contributed by atoms with Gasteiger partial charge in [0.15, 0.2) is 0 Å². The van der Waals surface area contributed by atoms with E-state index in [0.29, 0.717) is 0 Å². The number of hydrogen-bond donors (Lipinski definition) is 0. The summed E-state index contributed by atoms with van der Waals surface area (Å²) < 4.78 is 0. The van der Waals surface area contributed by atoms with Crippen LogP contribution in [0.25, 0.3) is 6.08 Å².